The smallest absolute Gasteiger partial charge is 0.222 e. The van der Waals surface area contributed by atoms with E-state index in [-0.39, 0.29) is 18.9 Å². The molecule has 0 aromatic rings. The fraction of sp³-hybridized carbons (Fsp3) is 0.925. The number of hydrogen-bond donors (Lipinski definition) is 4. The molecule has 0 heterocycles. The van der Waals surface area contributed by atoms with Crippen LogP contribution in [-0.4, -0.2) is 46.1 Å². The van der Waals surface area contributed by atoms with Gasteiger partial charge in [-0.25, -0.2) is 0 Å². The van der Waals surface area contributed by atoms with Crippen LogP contribution in [-0.2, 0) is 4.79 Å². The van der Waals surface area contributed by atoms with Gasteiger partial charge in [0.1, 0.15) is 0 Å². The summed E-state index contributed by atoms with van der Waals surface area (Å²) in [5.41, 5.74) is 0. The zero-order valence-electron chi connectivity index (χ0n) is 30.3. The van der Waals surface area contributed by atoms with E-state index < -0.39 is 18.2 Å². The van der Waals surface area contributed by atoms with E-state index >= 15 is 0 Å². The van der Waals surface area contributed by atoms with Crippen molar-refractivity contribution in [1.82, 2.24) is 5.32 Å². The lowest BCUT2D eigenvalue weighted by atomic mass is 10.0. The third kappa shape index (κ3) is 32.8. The number of rotatable bonds is 36. The quantitative estimate of drug-likeness (QED) is 0.0406. The van der Waals surface area contributed by atoms with Crippen molar-refractivity contribution in [2.24, 2.45) is 0 Å². The SMILES string of the molecule is CCCCCCCCCCCCCCCCCCCCC/C=C/C(O)C(CO)NC(=O)CC(O)CCCCCCCCCCC. The second-order valence-electron chi connectivity index (χ2n) is 13.9. The Morgan fingerprint density at radius 3 is 1.29 bits per heavy atom. The Kier molecular flexibility index (Phi) is 35.2. The maximum atomic E-state index is 12.3. The Labute approximate surface area is 280 Å². The summed E-state index contributed by atoms with van der Waals surface area (Å²) >= 11 is 0. The van der Waals surface area contributed by atoms with Gasteiger partial charge < -0.3 is 20.6 Å². The number of amides is 1. The molecule has 0 aromatic heterocycles. The number of unbranched alkanes of at least 4 members (excludes halogenated alkanes) is 27. The zero-order valence-corrected chi connectivity index (χ0v) is 30.3. The van der Waals surface area contributed by atoms with Crippen molar-refractivity contribution in [3.63, 3.8) is 0 Å². The fourth-order valence-corrected chi connectivity index (χ4v) is 6.22. The van der Waals surface area contributed by atoms with Gasteiger partial charge in [0, 0.05) is 0 Å². The first-order valence-electron chi connectivity index (χ1n) is 20.0. The third-order valence-electron chi connectivity index (χ3n) is 9.32. The first-order chi connectivity index (χ1) is 22.0. The predicted octanol–water partition coefficient (Wildman–Crippen LogP) is 10.9. The highest BCUT2D eigenvalue weighted by Crippen LogP contribution is 2.16. The van der Waals surface area contributed by atoms with Crippen LogP contribution in [0.25, 0.3) is 0 Å². The van der Waals surface area contributed by atoms with Crippen LogP contribution < -0.4 is 5.32 Å². The van der Waals surface area contributed by atoms with Crippen LogP contribution in [0.1, 0.15) is 213 Å². The molecule has 0 saturated carbocycles. The largest absolute Gasteiger partial charge is 0.394 e. The Bertz CT molecular complexity index is 625. The standard InChI is InChI=1S/C40H79NO4/c1-3-5-7-9-11-13-14-15-16-17-18-19-20-21-22-23-24-26-28-30-32-34-39(44)38(36-42)41-40(45)35-37(43)33-31-29-27-25-12-10-8-6-4-2/h32,34,37-39,42-44H,3-31,33,35-36H2,1-2H3,(H,41,45)/b34-32+. The number of hydrogen-bond acceptors (Lipinski definition) is 4. The minimum Gasteiger partial charge on any atom is -0.394 e. The molecule has 1 amide bonds. The molecule has 0 aliphatic rings. The summed E-state index contributed by atoms with van der Waals surface area (Å²) in [6, 6.07) is -0.737. The monoisotopic (exact) mass is 638 g/mol. The Balaban J connectivity index is 3.63. The molecule has 5 nitrogen and oxygen atoms in total. The Morgan fingerprint density at radius 1 is 0.556 bits per heavy atom. The van der Waals surface area contributed by atoms with E-state index in [0.29, 0.717) is 6.42 Å². The lowest BCUT2D eigenvalue weighted by Crippen LogP contribution is -2.45. The van der Waals surface area contributed by atoms with Crippen molar-refractivity contribution in [2.45, 2.75) is 231 Å². The first kappa shape index (κ1) is 44.1. The van der Waals surface area contributed by atoms with Crippen molar-refractivity contribution < 1.29 is 20.1 Å². The molecule has 4 N–H and O–H groups in total. The van der Waals surface area contributed by atoms with E-state index in [9.17, 15) is 20.1 Å². The van der Waals surface area contributed by atoms with Crippen molar-refractivity contribution in [2.75, 3.05) is 6.61 Å². The number of nitrogens with one attached hydrogen (secondary N) is 1. The number of aliphatic hydroxyl groups excluding tert-OH is 3. The fourth-order valence-electron chi connectivity index (χ4n) is 6.22. The van der Waals surface area contributed by atoms with E-state index in [2.05, 4.69) is 19.2 Å². The van der Waals surface area contributed by atoms with Gasteiger partial charge in [-0.05, 0) is 19.3 Å². The molecule has 0 bridgehead atoms. The molecule has 3 atom stereocenters. The summed E-state index contributed by atoms with van der Waals surface area (Å²) in [6.45, 7) is 4.19. The molecule has 0 spiro atoms. The summed E-state index contributed by atoms with van der Waals surface area (Å²) in [4.78, 5) is 12.3. The summed E-state index contributed by atoms with van der Waals surface area (Å²) in [5.74, 6) is -0.316. The van der Waals surface area contributed by atoms with Gasteiger partial charge >= 0.3 is 0 Å². The minimum absolute atomic E-state index is 0.0172. The third-order valence-corrected chi connectivity index (χ3v) is 9.32. The molecule has 0 saturated heterocycles. The molecule has 3 unspecified atom stereocenters. The molecule has 0 fully saturated rings. The van der Waals surface area contributed by atoms with Crippen LogP contribution >= 0.6 is 0 Å². The van der Waals surface area contributed by atoms with Gasteiger partial charge in [0.05, 0.1) is 31.3 Å². The molecule has 0 aliphatic heterocycles. The van der Waals surface area contributed by atoms with E-state index in [0.717, 1.165) is 25.7 Å². The van der Waals surface area contributed by atoms with E-state index in [4.69, 9.17) is 0 Å². The van der Waals surface area contributed by atoms with Crippen molar-refractivity contribution in [1.29, 1.82) is 0 Å². The van der Waals surface area contributed by atoms with Gasteiger partial charge in [0.15, 0.2) is 0 Å². The summed E-state index contributed by atoms with van der Waals surface area (Å²) in [5, 5.41) is 33.0. The van der Waals surface area contributed by atoms with Crippen molar-refractivity contribution in [3.05, 3.63) is 12.2 Å². The van der Waals surface area contributed by atoms with Crippen LogP contribution in [0.4, 0.5) is 0 Å². The van der Waals surface area contributed by atoms with Crippen LogP contribution in [0, 0.1) is 0 Å². The molecular weight excluding hydrogens is 558 g/mol. The number of allylic oxidation sites excluding steroid dienone is 1. The highest BCUT2D eigenvalue weighted by molar-refractivity contribution is 5.76. The maximum Gasteiger partial charge on any atom is 0.222 e. The van der Waals surface area contributed by atoms with Crippen molar-refractivity contribution >= 4 is 5.91 Å². The maximum absolute atomic E-state index is 12.3. The molecule has 45 heavy (non-hydrogen) atoms. The minimum atomic E-state index is -0.922. The van der Waals surface area contributed by atoms with Gasteiger partial charge in [-0.3, -0.25) is 4.79 Å². The second-order valence-corrected chi connectivity index (χ2v) is 13.9. The van der Waals surface area contributed by atoms with E-state index in [1.165, 1.54) is 161 Å². The number of carbonyl (C=O) groups excluding carboxylic acids is 1. The van der Waals surface area contributed by atoms with Gasteiger partial charge in [-0.2, -0.15) is 0 Å². The van der Waals surface area contributed by atoms with Crippen molar-refractivity contribution in [3.8, 4) is 0 Å². The molecule has 0 rings (SSSR count). The van der Waals surface area contributed by atoms with Gasteiger partial charge in [-0.15, -0.1) is 0 Å². The van der Waals surface area contributed by atoms with Crippen LogP contribution in [0.5, 0.6) is 0 Å². The van der Waals surface area contributed by atoms with Gasteiger partial charge in [0.25, 0.3) is 0 Å². The summed E-state index contributed by atoms with van der Waals surface area (Å²) in [7, 11) is 0. The molecule has 5 heteroatoms. The van der Waals surface area contributed by atoms with Crippen LogP contribution in [0.2, 0.25) is 0 Å². The van der Waals surface area contributed by atoms with Crippen LogP contribution in [0.15, 0.2) is 12.2 Å². The van der Waals surface area contributed by atoms with E-state index in [1.54, 1.807) is 6.08 Å². The molecule has 268 valence electrons. The number of carbonyl (C=O) groups is 1. The normalized spacial score (nSPS) is 13.8. The second kappa shape index (κ2) is 35.9. The van der Waals surface area contributed by atoms with Crippen LogP contribution in [0.3, 0.4) is 0 Å². The lowest BCUT2D eigenvalue weighted by Gasteiger charge is -2.21. The first-order valence-corrected chi connectivity index (χ1v) is 20.0. The molecular formula is C40H79NO4. The van der Waals surface area contributed by atoms with Gasteiger partial charge in [-0.1, -0.05) is 199 Å². The van der Waals surface area contributed by atoms with Gasteiger partial charge in [0.2, 0.25) is 5.91 Å². The molecule has 0 aliphatic carbocycles. The molecule has 0 aromatic carbocycles. The average molecular weight is 638 g/mol. The molecule has 0 radical (unpaired) electrons. The Hall–Kier alpha value is -0.910. The highest BCUT2D eigenvalue weighted by atomic mass is 16.3. The van der Waals surface area contributed by atoms with E-state index in [1.807, 2.05) is 6.08 Å². The Morgan fingerprint density at radius 2 is 0.911 bits per heavy atom. The average Bonchev–Trinajstić information content (AvgIpc) is 3.03. The zero-order chi connectivity index (χ0) is 33.1. The lowest BCUT2D eigenvalue weighted by molar-refractivity contribution is -0.124. The summed E-state index contributed by atoms with van der Waals surface area (Å²) in [6.07, 6.45) is 40.7. The highest BCUT2D eigenvalue weighted by Gasteiger charge is 2.20. The summed E-state index contributed by atoms with van der Waals surface area (Å²) < 4.78 is 0. The number of aliphatic hydroxyl groups is 3. The predicted molar refractivity (Wildman–Crippen MR) is 195 cm³/mol. The topological polar surface area (TPSA) is 89.8 Å².